The Morgan fingerprint density at radius 3 is 2.55 bits per heavy atom. The maximum atomic E-state index is 11.1. The molecule has 0 aliphatic carbocycles. The second-order valence-electron chi connectivity index (χ2n) is 4.19. The van der Waals surface area contributed by atoms with Crippen LogP contribution in [-0.2, 0) is 10.0 Å². The van der Waals surface area contributed by atoms with Gasteiger partial charge in [0.2, 0.25) is 10.0 Å². The highest BCUT2D eigenvalue weighted by Crippen LogP contribution is 2.19. The van der Waals surface area contributed by atoms with Crippen LogP contribution in [0.15, 0.2) is 18.3 Å². The molecule has 0 unspecified atom stereocenters. The van der Waals surface area contributed by atoms with Crippen molar-refractivity contribution in [1.29, 1.82) is 0 Å². The van der Waals surface area contributed by atoms with Gasteiger partial charge in [-0.05, 0) is 25.0 Å². The molecule has 0 aliphatic heterocycles. The zero-order chi connectivity index (χ0) is 13.8. The molecule has 1 atom stereocenters. The van der Waals surface area contributed by atoms with Crippen molar-refractivity contribution in [2.75, 3.05) is 16.7 Å². The lowest BCUT2D eigenvalue weighted by molar-refractivity contribution is 0.607. The van der Waals surface area contributed by atoms with Crippen molar-refractivity contribution in [3.8, 4) is 0 Å². The molecule has 0 spiro atoms. The van der Waals surface area contributed by atoms with Crippen LogP contribution in [0.1, 0.15) is 18.9 Å². The average molecular weight is 343 g/mol. The highest BCUT2D eigenvalue weighted by atomic mass is 35.5. The Bertz CT molecular complexity index is 547. The number of sulfonamides is 1. The van der Waals surface area contributed by atoms with Gasteiger partial charge in [-0.1, -0.05) is 12.2 Å². The molecule has 0 bridgehead atoms. The van der Waals surface area contributed by atoms with Gasteiger partial charge >= 0.3 is 0 Å². The zero-order valence-electron chi connectivity index (χ0n) is 11.2. The van der Waals surface area contributed by atoms with E-state index in [0.29, 0.717) is 0 Å². The first-order valence-corrected chi connectivity index (χ1v) is 7.32. The number of nitrogen functional groups attached to an aromatic ring is 1. The van der Waals surface area contributed by atoms with Crippen LogP contribution in [0.5, 0.6) is 0 Å². The average Bonchev–Trinajstić information content (AvgIpc) is 2.20. The van der Waals surface area contributed by atoms with E-state index in [1.165, 1.54) is 0 Å². The number of pyridine rings is 1. The second-order valence-corrected chi connectivity index (χ2v) is 5.94. The molecule has 0 radical (unpaired) electrons. The Hall–Kier alpha value is -1.02. The zero-order valence-corrected chi connectivity index (χ0v) is 13.7. The highest BCUT2D eigenvalue weighted by molar-refractivity contribution is 7.92. The molecule has 0 aliphatic rings. The fourth-order valence-electron chi connectivity index (χ4n) is 1.28. The van der Waals surface area contributed by atoms with Gasteiger partial charge in [-0.25, -0.2) is 13.4 Å². The summed E-state index contributed by atoms with van der Waals surface area (Å²) in [6.07, 6.45) is 7.09. The number of anilines is 2. The minimum absolute atomic E-state index is 0. The van der Waals surface area contributed by atoms with Gasteiger partial charge < -0.3 is 11.5 Å². The first-order chi connectivity index (χ1) is 8.28. The highest BCUT2D eigenvalue weighted by Gasteiger charge is 2.06. The van der Waals surface area contributed by atoms with Gasteiger partial charge in [0.1, 0.15) is 5.82 Å². The van der Waals surface area contributed by atoms with Crippen LogP contribution in [0, 0.1) is 0 Å². The normalized spacial score (nSPS) is 12.3. The van der Waals surface area contributed by atoms with E-state index >= 15 is 0 Å². The lowest BCUT2D eigenvalue weighted by atomic mass is 10.2. The van der Waals surface area contributed by atoms with E-state index in [0.717, 1.165) is 18.2 Å². The number of hydrogen-bond donors (Lipinski definition) is 3. The number of nitrogens with one attached hydrogen (secondary N) is 1. The third-order valence-electron chi connectivity index (χ3n) is 2.05. The predicted octanol–water partition coefficient (Wildman–Crippen LogP) is 1.63. The fourth-order valence-corrected chi connectivity index (χ4v) is 1.85. The minimum Gasteiger partial charge on any atom is -0.382 e. The van der Waals surface area contributed by atoms with Crippen LogP contribution in [0.3, 0.4) is 0 Å². The number of nitrogens with zero attached hydrogens (tertiary/aromatic N) is 1. The molecule has 0 amide bonds. The van der Waals surface area contributed by atoms with E-state index in [9.17, 15) is 8.42 Å². The van der Waals surface area contributed by atoms with Crippen molar-refractivity contribution >= 4 is 52.4 Å². The summed E-state index contributed by atoms with van der Waals surface area (Å²) in [7, 11) is -3.36. The molecular formula is C11H20Cl2N4O2S. The Balaban J connectivity index is 0. The summed E-state index contributed by atoms with van der Waals surface area (Å²) in [5.74, 6) is 0.143. The Morgan fingerprint density at radius 2 is 2.05 bits per heavy atom. The summed E-state index contributed by atoms with van der Waals surface area (Å²) in [4.78, 5) is 3.93. The molecule has 1 rings (SSSR count). The number of rotatable bonds is 5. The summed E-state index contributed by atoms with van der Waals surface area (Å²) < 4.78 is 24.6. The SMILES string of the molecule is C[C@H](N)C/C=C/c1cnc(N)c(NS(C)(=O)=O)c1.Cl.Cl. The van der Waals surface area contributed by atoms with Crippen molar-refractivity contribution in [3.63, 3.8) is 0 Å². The van der Waals surface area contributed by atoms with E-state index in [1.54, 1.807) is 12.3 Å². The molecule has 0 aromatic carbocycles. The number of halogens is 2. The Morgan fingerprint density at radius 1 is 1.45 bits per heavy atom. The molecular weight excluding hydrogens is 323 g/mol. The van der Waals surface area contributed by atoms with Crippen molar-refractivity contribution in [2.24, 2.45) is 5.73 Å². The smallest absolute Gasteiger partial charge is 0.229 e. The third-order valence-corrected chi connectivity index (χ3v) is 2.64. The monoisotopic (exact) mass is 342 g/mol. The largest absolute Gasteiger partial charge is 0.382 e. The van der Waals surface area contributed by atoms with Gasteiger partial charge in [0.05, 0.1) is 11.9 Å². The topological polar surface area (TPSA) is 111 Å². The molecule has 20 heavy (non-hydrogen) atoms. The van der Waals surface area contributed by atoms with E-state index in [2.05, 4.69) is 9.71 Å². The fraction of sp³-hybridized carbons (Fsp3) is 0.364. The van der Waals surface area contributed by atoms with Crippen molar-refractivity contribution in [2.45, 2.75) is 19.4 Å². The van der Waals surface area contributed by atoms with Crippen molar-refractivity contribution in [1.82, 2.24) is 4.98 Å². The van der Waals surface area contributed by atoms with Gasteiger partial charge in [-0.3, -0.25) is 4.72 Å². The quantitative estimate of drug-likeness (QED) is 0.752. The summed E-state index contributed by atoms with van der Waals surface area (Å²) in [6, 6.07) is 1.71. The lowest BCUT2D eigenvalue weighted by Gasteiger charge is -2.07. The molecule has 116 valence electrons. The Kier molecular flexibility index (Phi) is 9.59. The van der Waals surface area contributed by atoms with Crippen molar-refractivity contribution < 1.29 is 8.42 Å². The first kappa shape index (κ1) is 21.3. The van der Waals surface area contributed by atoms with Gasteiger partial charge in [-0.2, -0.15) is 0 Å². The molecule has 0 saturated heterocycles. The standard InChI is InChI=1S/C11H18N4O2S.2ClH/c1-8(12)4-3-5-9-6-10(11(13)14-7-9)15-18(2,16)17;;/h3,5-8,15H,4,12H2,1-2H3,(H2,13,14);2*1H/b5-3+;;/t8-;;/m0../s1. The van der Waals surface area contributed by atoms with Crippen LogP contribution in [0.25, 0.3) is 6.08 Å². The molecule has 0 fully saturated rings. The van der Waals surface area contributed by atoms with E-state index < -0.39 is 10.0 Å². The van der Waals surface area contributed by atoms with Gasteiger partial charge in [0, 0.05) is 12.2 Å². The van der Waals surface area contributed by atoms with E-state index in [4.69, 9.17) is 11.5 Å². The maximum Gasteiger partial charge on any atom is 0.229 e. The van der Waals surface area contributed by atoms with Crippen LogP contribution in [0.4, 0.5) is 11.5 Å². The Labute approximate surface area is 131 Å². The minimum atomic E-state index is -3.36. The number of aromatic nitrogens is 1. The van der Waals surface area contributed by atoms with Gasteiger partial charge in [0.25, 0.3) is 0 Å². The summed E-state index contributed by atoms with van der Waals surface area (Å²) in [5.41, 5.74) is 12.2. The van der Waals surface area contributed by atoms with Crippen LogP contribution in [-0.4, -0.2) is 25.7 Å². The molecule has 0 saturated carbocycles. The van der Waals surface area contributed by atoms with Crippen LogP contribution >= 0.6 is 24.8 Å². The molecule has 1 heterocycles. The number of nitrogens with two attached hydrogens (primary N) is 2. The molecule has 1 aromatic rings. The summed E-state index contributed by atoms with van der Waals surface area (Å²) >= 11 is 0. The third kappa shape index (κ3) is 8.21. The molecule has 6 nitrogen and oxygen atoms in total. The summed E-state index contributed by atoms with van der Waals surface area (Å²) in [6.45, 7) is 1.90. The van der Waals surface area contributed by atoms with E-state index in [1.807, 2.05) is 19.1 Å². The maximum absolute atomic E-state index is 11.1. The first-order valence-electron chi connectivity index (χ1n) is 5.43. The molecule has 9 heteroatoms. The van der Waals surface area contributed by atoms with E-state index in [-0.39, 0.29) is 42.4 Å². The summed E-state index contributed by atoms with van der Waals surface area (Å²) in [5, 5.41) is 0. The van der Waals surface area contributed by atoms with Gasteiger partial charge in [0.15, 0.2) is 0 Å². The van der Waals surface area contributed by atoms with Gasteiger partial charge in [-0.15, -0.1) is 24.8 Å². The van der Waals surface area contributed by atoms with Crippen LogP contribution in [0.2, 0.25) is 0 Å². The molecule has 5 N–H and O–H groups in total. The van der Waals surface area contributed by atoms with Crippen molar-refractivity contribution in [3.05, 3.63) is 23.9 Å². The van der Waals surface area contributed by atoms with Crippen LogP contribution < -0.4 is 16.2 Å². The predicted molar refractivity (Wildman–Crippen MR) is 88.9 cm³/mol. The molecule has 1 aromatic heterocycles. The second kappa shape index (κ2) is 9.02. The number of hydrogen-bond acceptors (Lipinski definition) is 5. The lowest BCUT2D eigenvalue weighted by Crippen LogP contribution is -2.12.